The van der Waals surface area contributed by atoms with Crippen molar-refractivity contribution in [1.82, 2.24) is 0 Å². The van der Waals surface area contributed by atoms with Gasteiger partial charge in [0.15, 0.2) is 0 Å². The second kappa shape index (κ2) is 4.36. The number of hydrogen-bond acceptors (Lipinski definition) is 0. The summed E-state index contributed by atoms with van der Waals surface area (Å²) in [5.74, 6) is -2.28. The first-order valence-electron chi connectivity index (χ1n) is 4.10. The van der Waals surface area contributed by atoms with Crippen molar-refractivity contribution in [1.29, 1.82) is 0 Å². The van der Waals surface area contributed by atoms with Gasteiger partial charge in [0.05, 0.1) is 11.1 Å². The van der Waals surface area contributed by atoms with E-state index in [1.807, 2.05) is 0 Å². The molecule has 96 valence electrons. The fraction of sp³-hybridized carbons (Fsp3) is 0.333. The summed E-state index contributed by atoms with van der Waals surface area (Å²) >= 11 is 5.10. The number of hydrogen-bond donors (Lipinski definition) is 0. The molecular weight excluding hydrogens is 277 g/mol. The molecular formula is C9H4ClF7. The van der Waals surface area contributed by atoms with Crippen molar-refractivity contribution in [3.63, 3.8) is 0 Å². The van der Waals surface area contributed by atoms with E-state index in [-0.39, 0.29) is 6.07 Å². The Kier molecular flexibility index (Phi) is 3.61. The molecule has 0 saturated heterocycles. The van der Waals surface area contributed by atoms with Gasteiger partial charge in [0.2, 0.25) is 0 Å². The van der Waals surface area contributed by atoms with Crippen molar-refractivity contribution in [2.24, 2.45) is 0 Å². The summed E-state index contributed by atoms with van der Waals surface area (Å²) in [6, 6.07) is 0.143. The van der Waals surface area contributed by atoms with Crippen LogP contribution in [0.5, 0.6) is 0 Å². The normalized spacial score (nSPS) is 12.9. The van der Waals surface area contributed by atoms with Crippen LogP contribution in [0.3, 0.4) is 0 Å². The molecule has 1 aromatic rings. The highest BCUT2D eigenvalue weighted by molar-refractivity contribution is 6.17. The van der Waals surface area contributed by atoms with Gasteiger partial charge in [0.1, 0.15) is 5.82 Å². The third kappa shape index (κ3) is 3.02. The third-order valence-electron chi connectivity index (χ3n) is 1.92. The zero-order valence-corrected chi connectivity index (χ0v) is 8.64. The fourth-order valence-corrected chi connectivity index (χ4v) is 1.54. The molecule has 0 amide bonds. The van der Waals surface area contributed by atoms with Gasteiger partial charge in [-0.05, 0) is 17.7 Å². The molecule has 0 saturated carbocycles. The summed E-state index contributed by atoms with van der Waals surface area (Å²) in [5.41, 5.74) is -4.95. The van der Waals surface area contributed by atoms with Crippen molar-refractivity contribution in [2.45, 2.75) is 18.2 Å². The van der Waals surface area contributed by atoms with Crippen LogP contribution in [0.2, 0.25) is 0 Å². The lowest BCUT2D eigenvalue weighted by Crippen LogP contribution is -2.19. The van der Waals surface area contributed by atoms with E-state index in [0.29, 0.717) is 6.07 Å². The minimum absolute atomic E-state index is 0.196. The van der Waals surface area contributed by atoms with Crippen LogP contribution in [0.25, 0.3) is 0 Å². The molecule has 0 spiro atoms. The topological polar surface area (TPSA) is 0 Å². The van der Waals surface area contributed by atoms with Gasteiger partial charge in [0.25, 0.3) is 0 Å². The van der Waals surface area contributed by atoms with E-state index in [1.54, 1.807) is 0 Å². The van der Waals surface area contributed by atoms with Gasteiger partial charge in [-0.1, -0.05) is 0 Å². The predicted molar refractivity (Wildman–Crippen MR) is 46.0 cm³/mol. The second-order valence-corrected chi connectivity index (χ2v) is 3.38. The molecule has 0 heterocycles. The van der Waals surface area contributed by atoms with Gasteiger partial charge in [-0.15, -0.1) is 11.6 Å². The molecule has 0 fully saturated rings. The first kappa shape index (κ1) is 14.1. The molecule has 0 aliphatic rings. The average molecular weight is 281 g/mol. The number of benzene rings is 1. The van der Waals surface area contributed by atoms with Crippen molar-refractivity contribution >= 4 is 11.6 Å². The molecule has 17 heavy (non-hydrogen) atoms. The lowest BCUT2D eigenvalue weighted by Gasteiger charge is -2.18. The van der Waals surface area contributed by atoms with Crippen LogP contribution in [0.4, 0.5) is 30.7 Å². The Hall–Kier alpha value is -0.980. The first-order valence-corrected chi connectivity index (χ1v) is 4.63. The molecule has 0 bridgehead atoms. The fourth-order valence-electron chi connectivity index (χ4n) is 1.33. The van der Waals surface area contributed by atoms with E-state index in [0.717, 1.165) is 0 Å². The monoisotopic (exact) mass is 280 g/mol. The summed E-state index contributed by atoms with van der Waals surface area (Å²) in [6.45, 7) is 0. The summed E-state index contributed by atoms with van der Waals surface area (Å²) < 4.78 is 87.3. The highest BCUT2D eigenvalue weighted by Gasteiger charge is 2.45. The number of halogens is 8. The average Bonchev–Trinajstić information content (AvgIpc) is 2.12. The smallest absolute Gasteiger partial charge is 0.207 e. The summed E-state index contributed by atoms with van der Waals surface area (Å²) in [5, 5.41) is 0. The minimum Gasteiger partial charge on any atom is -0.207 e. The maximum absolute atomic E-state index is 12.8. The Balaban J connectivity index is 3.63. The SMILES string of the molecule is Fc1cc(CCl)c(C(F)(F)F)c(C(F)(F)F)c1. The van der Waals surface area contributed by atoms with E-state index in [9.17, 15) is 30.7 Å². The zero-order chi connectivity index (χ0) is 13.4. The van der Waals surface area contributed by atoms with Crippen molar-refractivity contribution in [3.05, 3.63) is 34.6 Å². The quantitative estimate of drug-likeness (QED) is 0.521. The van der Waals surface area contributed by atoms with E-state index >= 15 is 0 Å². The number of alkyl halides is 7. The van der Waals surface area contributed by atoms with Crippen LogP contribution < -0.4 is 0 Å². The maximum Gasteiger partial charge on any atom is 0.417 e. The van der Waals surface area contributed by atoms with Crippen LogP contribution in [-0.2, 0) is 18.2 Å². The van der Waals surface area contributed by atoms with Crippen LogP contribution in [0.15, 0.2) is 12.1 Å². The van der Waals surface area contributed by atoms with Gasteiger partial charge in [-0.25, -0.2) is 4.39 Å². The Bertz CT molecular complexity index is 419. The van der Waals surface area contributed by atoms with Crippen molar-refractivity contribution < 1.29 is 30.7 Å². The Morgan fingerprint density at radius 1 is 0.941 bits per heavy atom. The highest BCUT2D eigenvalue weighted by atomic mass is 35.5. The lowest BCUT2D eigenvalue weighted by atomic mass is 10.0. The van der Waals surface area contributed by atoms with Gasteiger partial charge in [-0.3, -0.25) is 0 Å². The minimum atomic E-state index is -5.30. The Morgan fingerprint density at radius 3 is 1.82 bits per heavy atom. The summed E-state index contributed by atoms with van der Waals surface area (Å²) in [6.07, 6.45) is -10.5. The molecule has 0 radical (unpaired) electrons. The molecule has 1 aromatic carbocycles. The van der Waals surface area contributed by atoms with Crippen LogP contribution in [0, 0.1) is 5.82 Å². The molecule has 0 atom stereocenters. The molecule has 0 aliphatic carbocycles. The molecule has 0 aliphatic heterocycles. The van der Waals surface area contributed by atoms with Crippen LogP contribution >= 0.6 is 11.6 Å². The van der Waals surface area contributed by atoms with E-state index in [2.05, 4.69) is 0 Å². The van der Waals surface area contributed by atoms with Crippen molar-refractivity contribution in [2.75, 3.05) is 0 Å². The van der Waals surface area contributed by atoms with Gasteiger partial charge in [-0.2, -0.15) is 26.3 Å². The third-order valence-corrected chi connectivity index (χ3v) is 2.21. The van der Waals surface area contributed by atoms with E-state index in [1.165, 1.54) is 0 Å². The molecule has 0 unspecified atom stereocenters. The molecule has 0 nitrogen and oxygen atoms in total. The Morgan fingerprint density at radius 2 is 1.47 bits per heavy atom. The lowest BCUT2D eigenvalue weighted by molar-refractivity contribution is -0.162. The Labute approximate surface area is 96.0 Å². The van der Waals surface area contributed by atoms with E-state index < -0.39 is 40.7 Å². The highest BCUT2D eigenvalue weighted by Crippen LogP contribution is 2.42. The summed E-state index contributed by atoms with van der Waals surface area (Å²) in [4.78, 5) is 0. The van der Waals surface area contributed by atoms with Crippen molar-refractivity contribution in [3.8, 4) is 0 Å². The first-order chi connectivity index (χ1) is 7.57. The van der Waals surface area contributed by atoms with Gasteiger partial charge in [0, 0.05) is 5.88 Å². The maximum atomic E-state index is 12.8. The second-order valence-electron chi connectivity index (χ2n) is 3.12. The molecule has 1 rings (SSSR count). The van der Waals surface area contributed by atoms with Crippen LogP contribution in [-0.4, -0.2) is 0 Å². The molecule has 0 aromatic heterocycles. The molecule has 8 heteroatoms. The largest absolute Gasteiger partial charge is 0.417 e. The predicted octanol–water partition coefficient (Wildman–Crippen LogP) is 4.60. The van der Waals surface area contributed by atoms with Crippen LogP contribution in [0.1, 0.15) is 16.7 Å². The van der Waals surface area contributed by atoms with Gasteiger partial charge >= 0.3 is 12.4 Å². The number of rotatable bonds is 1. The van der Waals surface area contributed by atoms with Gasteiger partial charge < -0.3 is 0 Å². The zero-order valence-electron chi connectivity index (χ0n) is 7.89. The van der Waals surface area contributed by atoms with E-state index in [4.69, 9.17) is 11.6 Å². The molecule has 0 N–H and O–H groups in total. The standard InChI is InChI=1S/C9H4ClF7/c10-3-4-1-5(11)2-6(8(12,13)14)7(4)9(15,16)17/h1-2H,3H2. The summed E-state index contributed by atoms with van der Waals surface area (Å²) in [7, 11) is 0.